The fourth-order valence-corrected chi connectivity index (χ4v) is 2.48. The van der Waals surface area contributed by atoms with E-state index >= 15 is 0 Å². The minimum Gasteiger partial charge on any atom is -0.392 e. The molecule has 1 aromatic rings. The Morgan fingerprint density at radius 2 is 2.00 bits per heavy atom. The third-order valence-electron chi connectivity index (χ3n) is 3.92. The second-order valence-electron chi connectivity index (χ2n) is 5.87. The molecule has 0 aliphatic carbocycles. The van der Waals surface area contributed by atoms with Crippen LogP contribution in [0.1, 0.15) is 42.1 Å². The van der Waals surface area contributed by atoms with Crippen LogP contribution in [0.4, 0.5) is 0 Å². The first kappa shape index (κ1) is 17.4. The number of unbranched alkanes of at least 4 members (excludes halogenated alkanes) is 1. The largest absolute Gasteiger partial charge is 0.392 e. The van der Waals surface area contributed by atoms with Crippen molar-refractivity contribution >= 4 is 11.8 Å². The van der Waals surface area contributed by atoms with Gasteiger partial charge in [0.2, 0.25) is 5.91 Å². The number of carbonyl (C=O) groups is 2. The lowest BCUT2D eigenvalue weighted by molar-refractivity contribution is -0.123. The molecule has 0 saturated carbocycles. The van der Waals surface area contributed by atoms with E-state index in [2.05, 4.69) is 22.9 Å². The average Bonchev–Trinajstić information content (AvgIpc) is 3.00. The molecule has 1 heterocycles. The van der Waals surface area contributed by atoms with E-state index < -0.39 is 6.10 Å². The van der Waals surface area contributed by atoms with Crippen LogP contribution in [-0.4, -0.2) is 42.2 Å². The van der Waals surface area contributed by atoms with Crippen LogP contribution in [0, 0.1) is 0 Å². The van der Waals surface area contributed by atoms with Crippen LogP contribution >= 0.6 is 0 Å². The SMILES string of the molecule is CCCCNC(=O)c1ccc(CNC(=O)C2CC(O)CN2)cc1. The molecule has 0 bridgehead atoms. The molecule has 1 aliphatic rings. The molecule has 1 saturated heterocycles. The standard InChI is InChI=1S/C17H25N3O3/c1-2-3-8-18-16(22)13-6-4-12(5-7-13)10-20-17(23)15-9-14(21)11-19-15/h4-7,14-15,19,21H,2-3,8-11H2,1H3,(H,18,22)(H,20,23). The number of hydrogen-bond acceptors (Lipinski definition) is 4. The number of rotatable bonds is 7. The van der Waals surface area contributed by atoms with Gasteiger partial charge in [-0.3, -0.25) is 9.59 Å². The van der Waals surface area contributed by atoms with Crippen molar-refractivity contribution in [3.63, 3.8) is 0 Å². The van der Waals surface area contributed by atoms with Crippen molar-refractivity contribution in [2.75, 3.05) is 13.1 Å². The summed E-state index contributed by atoms with van der Waals surface area (Å²) in [4.78, 5) is 23.8. The molecule has 2 atom stereocenters. The van der Waals surface area contributed by atoms with E-state index in [0.29, 0.717) is 31.6 Å². The van der Waals surface area contributed by atoms with Crippen LogP contribution in [0.25, 0.3) is 0 Å². The van der Waals surface area contributed by atoms with E-state index in [4.69, 9.17) is 0 Å². The highest BCUT2D eigenvalue weighted by Gasteiger charge is 2.27. The van der Waals surface area contributed by atoms with Crippen LogP contribution in [-0.2, 0) is 11.3 Å². The zero-order valence-corrected chi connectivity index (χ0v) is 13.5. The number of amides is 2. The van der Waals surface area contributed by atoms with Crippen molar-refractivity contribution in [1.82, 2.24) is 16.0 Å². The Balaban J connectivity index is 1.78. The van der Waals surface area contributed by atoms with Crippen LogP contribution in [0.5, 0.6) is 0 Å². The Bertz CT molecular complexity index is 530. The van der Waals surface area contributed by atoms with Crippen molar-refractivity contribution in [3.05, 3.63) is 35.4 Å². The third-order valence-corrected chi connectivity index (χ3v) is 3.92. The molecule has 1 fully saturated rings. The summed E-state index contributed by atoms with van der Waals surface area (Å²) in [6.07, 6.45) is 2.02. The van der Waals surface area contributed by atoms with Crippen LogP contribution < -0.4 is 16.0 Å². The fourth-order valence-electron chi connectivity index (χ4n) is 2.48. The summed E-state index contributed by atoms with van der Waals surface area (Å²) >= 11 is 0. The summed E-state index contributed by atoms with van der Waals surface area (Å²) in [5, 5.41) is 18.1. The van der Waals surface area contributed by atoms with Crippen molar-refractivity contribution in [2.24, 2.45) is 0 Å². The maximum atomic E-state index is 11.9. The summed E-state index contributed by atoms with van der Waals surface area (Å²) in [5.41, 5.74) is 1.55. The lowest BCUT2D eigenvalue weighted by Gasteiger charge is -2.11. The smallest absolute Gasteiger partial charge is 0.251 e. The molecule has 4 N–H and O–H groups in total. The number of benzene rings is 1. The summed E-state index contributed by atoms with van der Waals surface area (Å²) in [6.45, 7) is 3.63. The Kier molecular flexibility index (Phi) is 6.55. The zero-order valence-electron chi connectivity index (χ0n) is 13.5. The maximum Gasteiger partial charge on any atom is 0.251 e. The summed E-state index contributed by atoms with van der Waals surface area (Å²) in [5.74, 6) is -0.180. The Hall–Kier alpha value is -1.92. The van der Waals surface area contributed by atoms with Gasteiger partial charge in [0.05, 0.1) is 12.1 Å². The molecule has 2 rings (SSSR count). The van der Waals surface area contributed by atoms with Gasteiger partial charge in [-0.25, -0.2) is 0 Å². The number of aliphatic hydroxyl groups excluding tert-OH is 1. The Morgan fingerprint density at radius 3 is 2.61 bits per heavy atom. The van der Waals surface area contributed by atoms with Gasteiger partial charge in [-0.15, -0.1) is 0 Å². The van der Waals surface area contributed by atoms with Crippen LogP contribution in [0.3, 0.4) is 0 Å². The minimum absolute atomic E-state index is 0.0711. The zero-order chi connectivity index (χ0) is 16.7. The monoisotopic (exact) mass is 319 g/mol. The van der Waals surface area contributed by atoms with Gasteiger partial charge >= 0.3 is 0 Å². The first-order valence-electron chi connectivity index (χ1n) is 8.16. The van der Waals surface area contributed by atoms with E-state index in [9.17, 15) is 14.7 Å². The molecule has 6 nitrogen and oxygen atoms in total. The molecular weight excluding hydrogens is 294 g/mol. The van der Waals surface area contributed by atoms with E-state index in [1.807, 2.05) is 12.1 Å². The summed E-state index contributed by atoms with van der Waals surface area (Å²) < 4.78 is 0. The second-order valence-corrected chi connectivity index (χ2v) is 5.87. The van der Waals surface area contributed by atoms with Crippen molar-refractivity contribution in [1.29, 1.82) is 0 Å². The van der Waals surface area contributed by atoms with Crippen molar-refractivity contribution in [2.45, 2.75) is 44.9 Å². The highest BCUT2D eigenvalue weighted by molar-refractivity contribution is 5.94. The first-order chi connectivity index (χ1) is 11.1. The summed E-state index contributed by atoms with van der Waals surface area (Å²) in [6, 6.07) is 6.88. The molecule has 0 spiro atoms. The van der Waals surface area contributed by atoms with Gasteiger partial charge in [0.15, 0.2) is 0 Å². The Labute approximate surface area is 136 Å². The molecule has 1 aromatic carbocycles. The van der Waals surface area contributed by atoms with Gasteiger partial charge in [-0.2, -0.15) is 0 Å². The van der Waals surface area contributed by atoms with Gasteiger partial charge in [0.1, 0.15) is 0 Å². The predicted octanol–water partition coefficient (Wildman–Crippen LogP) is 0.556. The number of carbonyl (C=O) groups excluding carboxylic acids is 2. The van der Waals surface area contributed by atoms with Crippen LogP contribution in [0.2, 0.25) is 0 Å². The van der Waals surface area contributed by atoms with Crippen molar-refractivity contribution < 1.29 is 14.7 Å². The third kappa shape index (κ3) is 5.33. The van der Waals surface area contributed by atoms with Gasteiger partial charge in [-0.05, 0) is 30.5 Å². The average molecular weight is 319 g/mol. The van der Waals surface area contributed by atoms with Crippen molar-refractivity contribution in [3.8, 4) is 0 Å². The lowest BCUT2D eigenvalue weighted by Crippen LogP contribution is -2.40. The molecule has 2 amide bonds. The van der Waals surface area contributed by atoms with E-state index in [0.717, 1.165) is 18.4 Å². The number of aliphatic hydroxyl groups is 1. The Morgan fingerprint density at radius 1 is 1.26 bits per heavy atom. The molecule has 0 aromatic heterocycles. The maximum absolute atomic E-state index is 11.9. The van der Waals surface area contributed by atoms with Gasteiger partial charge in [-0.1, -0.05) is 25.5 Å². The normalized spacial score (nSPS) is 20.3. The molecular formula is C17H25N3O3. The number of hydrogen-bond donors (Lipinski definition) is 4. The minimum atomic E-state index is -0.448. The molecule has 1 aliphatic heterocycles. The molecule has 2 unspecified atom stereocenters. The molecule has 6 heteroatoms. The van der Waals surface area contributed by atoms with E-state index in [1.165, 1.54) is 0 Å². The van der Waals surface area contributed by atoms with E-state index in [1.54, 1.807) is 12.1 Å². The molecule has 0 radical (unpaired) electrons. The second kappa shape index (κ2) is 8.64. The van der Waals surface area contributed by atoms with Gasteiger partial charge in [0, 0.05) is 25.2 Å². The summed E-state index contributed by atoms with van der Waals surface area (Å²) in [7, 11) is 0. The quantitative estimate of drug-likeness (QED) is 0.553. The highest BCUT2D eigenvalue weighted by Crippen LogP contribution is 2.08. The topological polar surface area (TPSA) is 90.5 Å². The lowest BCUT2D eigenvalue weighted by atomic mass is 10.1. The fraction of sp³-hybridized carbons (Fsp3) is 0.529. The predicted molar refractivity (Wildman–Crippen MR) is 87.9 cm³/mol. The highest BCUT2D eigenvalue weighted by atomic mass is 16.3. The van der Waals surface area contributed by atoms with Crippen LogP contribution in [0.15, 0.2) is 24.3 Å². The van der Waals surface area contributed by atoms with Gasteiger partial charge < -0.3 is 21.1 Å². The molecule has 23 heavy (non-hydrogen) atoms. The molecule has 126 valence electrons. The van der Waals surface area contributed by atoms with E-state index in [-0.39, 0.29) is 17.9 Å². The number of nitrogens with one attached hydrogen (secondary N) is 3. The van der Waals surface area contributed by atoms with Gasteiger partial charge in [0.25, 0.3) is 5.91 Å². The first-order valence-corrected chi connectivity index (χ1v) is 8.16. The number of β-amino-alcohol motifs (C(OH)–C–C–N with tert-alkyl or cyclic N) is 1.